The van der Waals surface area contributed by atoms with Gasteiger partial charge in [-0.25, -0.2) is 9.97 Å². The molecule has 0 saturated carbocycles. The predicted octanol–water partition coefficient (Wildman–Crippen LogP) is 0.945. The van der Waals surface area contributed by atoms with Crippen LogP contribution < -0.4 is 15.5 Å². The number of nitrogens with one attached hydrogen (secondary N) is 2. The van der Waals surface area contributed by atoms with Gasteiger partial charge in [-0.15, -0.1) is 0 Å². The second kappa shape index (κ2) is 12.4. The lowest BCUT2D eigenvalue weighted by Crippen LogP contribution is -2.49. The van der Waals surface area contributed by atoms with E-state index in [4.69, 9.17) is 0 Å². The zero-order chi connectivity index (χ0) is 21.9. The van der Waals surface area contributed by atoms with Gasteiger partial charge in [0.2, 0.25) is 11.9 Å². The van der Waals surface area contributed by atoms with Crippen molar-refractivity contribution in [3.63, 3.8) is 0 Å². The summed E-state index contributed by atoms with van der Waals surface area (Å²) in [7, 11) is 0. The average Bonchev–Trinajstić information content (AvgIpc) is 2.81. The average molecular weight is 431 g/mol. The number of hydrogen-bond donors (Lipinski definition) is 2. The second-order valence-electron chi connectivity index (χ2n) is 8.19. The molecule has 1 amide bonds. The molecule has 0 aliphatic carbocycles. The highest BCUT2D eigenvalue weighted by Gasteiger charge is 2.22. The number of aromatic nitrogens is 2. The van der Waals surface area contributed by atoms with Crippen molar-refractivity contribution in [1.29, 1.82) is 0 Å². The Morgan fingerprint density at radius 3 is 2.45 bits per heavy atom. The number of rotatable bonds is 8. The van der Waals surface area contributed by atoms with Crippen LogP contribution in [0.1, 0.15) is 39.5 Å². The molecule has 2 N–H and O–H groups in total. The zero-order valence-electron chi connectivity index (χ0n) is 19.1. The molecule has 0 bridgehead atoms. The molecule has 31 heavy (non-hydrogen) atoms. The van der Waals surface area contributed by atoms with E-state index in [0.717, 1.165) is 57.5 Å². The summed E-state index contributed by atoms with van der Waals surface area (Å²) in [6.45, 7) is 12.0. The molecule has 0 atom stereocenters. The Hall–Kier alpha value is -2.42. The summed E-state index contributed by atoms with van der Waals surface area (Å²) in [6, 6.07) is 2.27. The Kier molecular flexibility index (Phi) is 9.33. The first kappa shape index (κ1) is 23.2. The maximum atomic E-state index is 12.6. The number of likely N-dealkylation sites (tertiary alicyclic amines) is 1. The van der Waals surface area contributed by atoms with E-state index in [1.807, 2.05) is 11.0 Å². The van der Waals surface area contributed by atoms with Gasteiger partial charge in [-0.05, 0) is 38.8 Å². The van der Waals surface area contributed by atoms with Crippen LogP contribution in [0.4, 0.5) is 5.95 Å². The van der Waals surface area contributed by atoms with Gasteiger partial charge in [0, 0.05) is 70.7 Å². The van der Waals surface area contributed by atoms with Crippen LogP contribution in [0.25, 0.3) is 0 Å². The van der Waals surface area contributed by atoms with E-state index in [-0.39, 0.29) is 5.91 Å². The molecule has 1 aromatic rings. The number of guanidine groups is 1. The van der Waals surface area contributed by atoms with Crippen LogP contribution in [0.3, 0.4) is 0 Å². The number of piperidine rings is 1. The number of aliphatic imine (C=N–C) groups is 1. The van der Waals surface area contributed by atoms with Gasteiger partial charge in [-0.3, -0.25) is 9.79 Å². The fourth-order valence-electron chi connectivity index (χ4n) is 4.16. The van der Waals surface area contributed by atoms with Gasteiger partial charge in [0.05, 0.1) is 6.54 Å². The lowest BCUT2D eigenvalue weighted by atomic mass is 10.1. The quantitative estimate of drug-likeness (QED) is 0.469. The summed E-state index contributed by atoms with van der Waals surface area (Å²) in [5.41, 5.74) is 0. The maximum absolute atomic E-state index is 12.6. The lowest BCUT2D eigenvalue weighted by molar-refractivity contribution is -0.131. The molecule has 0 spiro atoms. The molecule has 3 rings (SSSR count). The van der Waals surface area contributed by atoms with Crippen molar-refractivity contribution >= 4 is 17.8 Å². The molecule has 0 radical (unpaired) electrons. The third-order valence-corrected chi connectivity index (χ3v) is 5.88. The molecule has 2 fully saturated rings. The molecule has 2 aliphatic heterocycles. The molecule has 2 saturated heterocycles. The topological polar surface area (TPSA) is 89.0 Å². The summed E-state index contributed by atoms with van der Waals surface area (Å²) in [6.07, 6.45) is 7.43. The molecule has 0 aromatic carbocycles. The molecule has 172 valence electrons. The van der Waals surface area contributed by atoms with Crippen molar-refractivity contribution in [2.75, 3.05) is 63.8 Å². The molecular weight excluding hydrogens is 392 g/mol. The molecule has 3 heterocycles. The Labute approximate surface area is 186 Å². The Morgan fingerprint density at radius 2 is 1.81 bits per heavy atom. The highest BCUT2D eigenvalue weighted by atomic mass is 16.2. The van der Waals surface area contributed by atoms with Crippen molar-refractivity contribution in [2.24, 2.45) is 4.99 Å². The number of hydrogen-bond acceptors (Lipinski definition) is 6. The monoisotopic (exact) mass is 430 g/mol. The van der Waals surface area contributed by atoms with Crippen LogP contribution in [0.2, 0.25) is 0 Å². The van der Waals surface area contributed by atoms with Gasteiger partial charge in [-0.1, -0.05) is 6.92 Å². The van der Waals surface area contributed by atoms with E-state index in [1.165, 1.54) is 13.0 Å². The maximum Gasteiger partial charge on any atom is 0.225 e. The minimum absolute atomic E-state index is 0.168. The summed E-state index contributed by atoms with van der Waals surface area (Å²) in [5.74, 6) is 1.73. The first-order valence-corrected chi connectivity index (χ1v) is 11.8. The number of carbonyl (C=O) groups is 1. The predicted molar refractivity (Wildman–Crippen MR) is 124 cm³/mol. The van der Waals surface area contributed by atoms with Crippen molar-refractivity contribution < 1.29 is 4.79 Å². The number of amides is 1. The zero-order valence-corrected chi connectivity index (χ0v) is 19.1. The number of nitrogens with zero attached hydrogens (tertiary/aromatic N) is 6. The minimum atomic E-state index is 0.168. The van der Waals surface area contributed by atoms with Crippen molar-refractivity contribution in [3.05, 3.63) is 18.5 Å². The number of anilines is 1. The molecule has 1 aromatic heterocycles. The third-order valence-electron chi connectivity index (χ3n) is 5.88. The van der Waals surface area contributed by atoms with E-state index in [2.05, 4.69) is 49.2 Å². The van der Waals surface area contributed by atoms with E-state index in [9.17, 15) is 4.79 Å². The van der Waals surface area contributed by atoms with Crippen LogP contribution in [-0.2, 0) is 4.79 Å². The SMILES string of the molecule is CCCN1CCC(NC(=NCCC(=O)N2CCN(c3ncccn3)CC2)NCC)CC1. The number of carbonyl (C=O) groups excluding carboxylic acids is 1. The van der Waals surface area contributed by atoms with Crippen LogP contribution in [0.5, 0.6) is 0 Å². The molecule has 9 nitrogen and oxygen atoms in total. The van der Waals surface area contributed by atoms with Gasteiger partial charge in [0.15, 0.2) is 5.96 Å². The summed E-state index contributed by atoms with van der Waals surface area (Å²) in [4.78, 5) is 32.5. The molecular formula is C22H38N8O. The fourth-order valence-corrected chi connectivity index (χ4v) is 4.16. The highest BCUT2D eigenvalue weighted by molar-refractivity contribution is 5.81. The van der Waals surface area contributed by atoms with E-state index >= 15 is 0 Å². The van der Waals surface area contributed by atoms with Gasteiger partial charge >= 0.3 is 0 Å². The van der Waals surface area contributed by atoms with Gasteiger partial charge in [-0.2, -0.15) is 0 Å². The van der Waals surface area contributed by atoms with Crippen LogP contribution in [0.15, 0.2) is 23.5 Å². The standard InChI is InChI=1S/C22H38N8O/c1-3-12-28-13-7-19(8-14-28)27-21(23-4-2)24-11-6-20(31)29-15-17-30(18-16-29)22-25-9-5-10-26-22/h5,9-10,19H,3-4,6-8,11-18H2,1-2H3,(H2,23,24,27). The van der Waals surface area contributed by atoms with E-state index in [1.54, 1.807) is 12.4 Å². The third kappa shape index (κ3) is 7.34. The highest BCUT2D eigenvalue weighted by Crippen LogP contribution is 2.11. The lowest BCUT2D eigenvalue weighted by Gasteiger charge is -2.34. The first-order chi connectivity index (χ1) is 15.2. The summed E-state index contributed by atoms with van der Waals surface area (Å²) < 4.78 is 0. The Morgan fingerprint density at radius 1 is 1.10 bits per heavy atom. The molecule has 0 unspecified atom stereocenters. The van der Waals surface area contributed by atoms with Crippen molar-refractivity contribution in [2.45, 2.75) is 45.6 Å². The molecule has 9 heteroatoms. The van der Waals surface area contributed by atoms with Gasteiger partial charge < -0.3 is 25.3 Å². The second-order valence-corrected chi connectivity index (χ2v) is 8.19. The van der Waals surface area contributed by atoms with E-state index < -0.39 is 0 Å². The summed E-state index contributed by atoms with van der Waals surface area (Å²) in [5, 5.41) is 6.89. The van der Waals surface area contributed by atoms with E-state index in [0.29, 0.717) is 32.1 Å². The smallest absolute Gasteiger partial charge is 0.225 e. The Bertz CT molecular complexity index is 682. The fraction of sp³-hybridized carbons (Fsp3) is 0.727. The van der Waals surface area contributed by atoms with Crippen LogP contribution >= 0.6 is 0 Å². The Balaban J connectivity index is 1.40. The first-order valence-electron chi connectivity index (χ1n) is 11.8. The van der Waals surface area contributed by atoms with Crippen LogP contribution in [0, 0.1) is 0 Å². The van der Waals surface area contributed by atoms with Crippen molar-refractivity contribution in [1.82, 2.24) is 30.4 Å². The van der Waals surface area contributed by atoms with Gasteiger partial charge in [0.25, 0.3) is 0 Å². The minimum Gasteiger partial charge on any atom is -0.357 e. The molecule has 2 aliphatic rings. The van der Waals surface area contributed by atoms with Crippen LogP contribution in [-0.4, -0.2) is 96.6 Å². The largest absolute Gasteiger partial charge is 0.357 e. The van der Waals surface area contributed by atoms with Gasteiger partial charge in [0.1, 0.15) is 0 Å². The normalized spacial score (nSPS) is 18.8. The number of piperazine rings is 1. The van der Waals surface area contributed by atoms with Crippen molar-refractivity contribution in [3.8, 4) is 0 Å². The summed E-state index contributed by atoms with van der Waals surface area (Å²) >= 11 is 0.